The number of nitrogens with zero attached hydrogens (tertiary/aromatic N) is 2. The molecule has 1 atom stereocenters. The minimum absolute atomic E-state index is 0.0321. The van der Waals surface area contributed by atoms with E-state index >= 15 is 0 Å². The van der Waals surface area contributed by atoms with Crippen molar-refractivity contribution in [3.05, 3.63) is 72.3 Å². The number of rotatable bonds is 5. The van der Waals surface area contributed by atoms with Gasteiger partial charge in [0.25, 0.3) is 10.0 Å². The second-order valence-corrected chi connectivity index (χ2v) is 9.75. The molecule has 0 aliphatic carbocycles. The van der Waals surface area contributed by atoms with Crippen molar-refractivity contribution in [2.75, 3.05) is 23.9 Å². The maximum absolute atomic E-state index is 13.0. The van der Waals surface area contributed by atoms with Crippen LogP contribution in [0, 0.1) is 0 Å². The summed E-state index contributed by atoms with van der Waals surface area (Å²) in [4.78, 5) is 15.3. The highest BCUT2D eigenvalue weighted by atomic mass is 32.2. The Bertz CT molecular complexity index is 1210. The fourth-order valence-electron chi connectivity index (χ4n) is 4.47. The molecule has 1 saturated heterocycles. The van der Waals surface area contributed by atoms with Crippen LogP contribution in [0.5, 0.6) is 0 Å². The fraction of sp³-hybridized carbons (Fsp3) is 0.261. The second-order valence-electron chi connectivity index (χ2n) is 7.92. The zero-order valence-corrected chi connectivity index (χ0v) is 17.3. The molecule has 0 aromatic heterocycles. The summed E-state index contributed by atoms with van der Waals surface area (Å²) in [5.74, 6) is -0.269. The number of nitrogens with one attached hydrogen (secondary N) is 1. The first-order chi connectivity index (χ1) is 14.5. The van der Waals surface area contributed by atoms with Crippen LogP contribution < -0.4 is 9.62 Å². The summed E-state index contributed by atoms with van der Waals surface area (Å²) in [5, 5.41) is 4.59. The van der Waals surface area contributed by atoms with Crippen molar-refractivity contribution in [3.63, 3.8) is 0 Å². The average molecular weight is 422 g/mol. The highest BCUT2D eigenvalue weighted by molar-refractivity contribution is 7.93. The van der Waals surface area contributed by atoms with Crippen LogP contribution in [0.4, 0.5) is 5.69 Å². The van der Waals surface area contributed by atoms with Crippen molar-refractivity contribution < 1.29 is 13.2 Å². The summed E-state index contributed by atoms with van der Waals surface area (Å²) in [7, 11) is -3.72. The molecule has 1 fully saturated rings. The van der Waals surface area contributed by atoms with E-state index in [-0.39, 0.29) is 23.4 Å². The molecule has 0 unspecified atom stereocenters. The van der Waals surface area contributed by atoms with E-state index in [1.54, 1.807) is 18.2 Å². The van der Waals surface area contributed by atoms with Gasteiger partial charge in [0.2, 0.25) is 5.91 Å². The van der Waals surface area contributed by atoms with Gasteiger partial charge >= 0.3 is 0 Å². The van der Waals surface area contributed by atoms with Gasteiger partial charge in [0.1, 0.15) is 6.54 Å². The highest BCUT2D eigenvalue weighted by Crippen LogP contribution is 2.41. The Labute approximate surface area is 176 Å². The van der Waals surface area contributed by atoms with Crippen LogP contribution in [0.25, 0.3) is 10.8 Å². The van der Waals surface area contributed by atoms with Gasteiger partial charge in [-0.25, -0.2) is 8.42 Å². The van der Waals surface area contributed by atoms with Crippen LogP contribution >= 0.6 is 0 Å². The van der Waals surface area contributed by atoms with Crippen LogP contribution in [0.2, 0.25) is 0 Å². The topological polar surface area (TPSA) is 69.7 Å². The summed E-state index contributed by atoms with van der Waals surface area (Å²) in [6.07, 6.45) is 0.862. The van der Waals surface area contributed by atoms with Gasteiger partial charge in [-0.2, -0.15) is 0 Å². The van der Waals surface area contributed by atoms with Gasteiger partial charge in [0.15, 0.2) is 0 Å². The Hall–Kier alpha value is -2.90. The lowest BCUT2D eigenvalue weighted by molar-refractivity contribution is -0.120. The first kappa shape index (κ1) is 19.1. The number of carbonyl (C=O) groups excluding carboxylic acids is 1. The Morgan fingerprint density at radius 2 is 1.77 bits per heavy atom. The Kier molecular flexibility index (Phi) is 4.72. The van der Waals surface area contributed by atoms with E-state index in [0.717, 1.165) is 31.4 Å². The number of anilines is 1. The minimum atomic E-state index is -3.72. The van der Waals surface area contributed by atoms with E-state index in [0.29, 0.717) is 11.1 Å². The van der Waals surface area contributed by atoms with Crippen LogP contribution in [-0.4, -0.2) is 44.9 Å². The van der Waals surface area contributed by atoms with Crippen LogP contribution in [0.3, 0.4) is 0 Å². The first-order valence-electron chi connectivity index (χ1n) is 10.1. The Balaban J connectivity index is 1.26. The molecular weight excluding hydrogens is 398 g/mol. The van der Waals surface area contributed by atoms with Gasteiger partial charge < -0.3 is 5.32 Å². The molecular formula is C23H23N3O3S. The molecule has 1 N–H and O–H groups in total. The predicted molar refractivity (Wildman–Crippen MR) is 117 cm³/mol. The maximum Gasteiger partial charge on any atom is 0.265 e. The van der Waals surface area contributed by atoms with Crippen LogP contribution in [0.1, 0.15) is 12.0 Å². The molecule has 0 radical (unpaired) electrons. The zero-order valence-electron chi connectivity index (χ0n) is 16.5. The monoisotopic (exact) mass is 421 g/mol. The van der Waals surface area contributed by atoms with Crippen molar-refractivity contribution in [1.29, 1.82) is 0 Å². The number of carbonyl (C=O) groups is 1. The molecule has 30 heavy (non-hydrogen) atoms. The summed E-state index contributed by atoms with van der Waals surface area (Å²) in [5.41, 5.74) is 1.83. The van der Waals surface area contributed by atoms with Gasteiger partial charge in [-0.15, -0.1) is 0 Å². The second kappa shape index (κ2) is 7.41. The van der Waals surface area contributed by atoms with Gasteiger partial charge in [-0.05, 0) is 29.5 Å². The maximum atomic E-state index is 13.0. The number of sulfonamides is 1. The molecule has 2 aliphatic rings. The lowest BCUT2D eigenvalue weighted by Crippen LogP contribution is -2.44. The third-order valence-electron chi connectivity index (χ3n) is 5.85. The number of amides is 1. The Morgan fingerprint density at radius 1 is 1.00 bits per heavy atom. The zero-order chi connectivity index (χ0) is 20.7. The molecule has 154 valence electrons. The van der Waals surface area contributed by atoms with Crippen molar-refractivity contribution >= 4 is 32.4 Å². The number of hydrogen-bond acceptors (Lipinski definition) is 4. The normalized spacial score (nSPS) is 20.0. The molecule has 2 aliphatic heterocycles. The Morgan fingerprint density at radius 3 is 2.57 bits per heavy atom. The third kappa shape index (κ3) is 3.34. The van der Waals surface area contributed by atoms with Gasteiger partial charge in [0.05, 0.1) is 10.6 Å². The SMILES string of the molecule is O=C(CN1c2cccc3cccc(c23)S1(=O)=O)N[C@H]1CCN(Cc2ccccc2)C1. The fourth-order valence-corrected chi connectivity index (χ4v) is 6.13. The van der Waals surface area contributed by atoms with Gasteiger partial charge in [0, 0.05) is 31.1 Å². The summed E-state index contributed by atoms with van der Waals surface area (Å²) in [6, 6.07) is 21.0. The molecule has 0 bridgehead atoms. The summed E-state index contributed by atoms with van der Waals surface area (Å²) < 4.78 is 27.3. The summed E-state index contributed by atoms with van der Waals surface area (Å²) >= 11 is 0. The number of hydrogen-bond donors (Lipinski definition) is 1. The van der Waals surface area contributed by atoms with Crippen molar-refractivity contribution in [2.24, 2.45) is 0 Å². The largest absolute Gasteiger partial charge is 0.350 e. The molecule has 0 spiro atoms. The van der Waals surface area contributed by atoms with Crippen LogP contribution in [-0.2, 0) is 21.4 Å². The van der Waals surface area contributed by atoms with Crippen molar-refractivity contribution in [2.45, 2.75) is 23.9 Å². The molecule has 1 amide bonds. The quantitative estimate of drug-likeness (QED) is 0.688. The minimum Gasteiger partial charge on any atom is -0.350 e. The van der Waals surface area contributed by atoms with Gasteiger partial charge in [-0.1, -0.05) is 54.6 Å². The third-order valence-corrected chi connectivity index (χ3v) is 7.66. The molecule has 3 aromatic carbocycles. The molecule has 7 heteroatoms. The molecule has 3 aromatic rings. The lowest BCUT2D eigenvalue weighted by Gasteiger charge is -2.20. The lowest BCUT2D eigenvalue weighted by atomic mass is 10.1. The highest BCUT2D eigenvalue weighted by Gasteiger charge is 2.37. The standard InChI is InChI=1S/C23H23N3O3S/c27-22(24-19-12-13-25(15-19)14-17-6-2-1-3-7-17)16-26-20-10-4-8-18-9-5-11-21(23(18)20)30(26,28)29/h1-11,19H,12-16H2,(H,24,27)/t19-/m0/s1. The van der Waals surface area contributed by atoms with E-state index in [1.807, 2.05) is 36.4 Å². The van der Waals surface area contributed by atoms with Crippen molar-refractivity contribution in [3.8, 4) is 0 Å². The molecule has 6 nitrogen and oxygen atoms in total. The van der Waals surface area contributed by atoms with E-state index in [2.05, 4.69) is 22.3 Å². The predicted octanol–water partition coefficient (Wildman–Crippen LogP) is 2.74. The van der Waals surface area contributed by atoms with E-state index < -0.39 is 10.0 Å². The average Bonchev–Trinajstić information content (AvgIpc) is 3.26. The molecule has 5 rings (SSSR count). The molecule has 0 saturated carbocycles. The first-order valence-corrected chi connectivity index (χ1v) is 11.6. The summed E-state index contributed by atoms with van der Waals surface area (Å²) in [6.45, 7) is 2.33. The van der Waals surface area contributed by atoms with Crippen LogP contribution in [0.15, 0.2) is 71.6 Å². The van der Waals surface area contributed by atoms with Gasteiger partial charge in [-0.3, -0.25) is 14.0 Å². The van der Waals surface area contributed by atoms with E-state index in [4.69, 9.17) is 0 Å². The number of likely N-dealkylation sites (tertiary alicyclic amines) is 1. The van der Waals surface area contributed by atoms with Crippen molar-refractivity contribution in [1.82, 2.24) is 10.2 Å². The molecule has 2 heterocycles. The van der Waals surface area contributed by atoms with E-state index in [9.17, 15) is 13.2 Å². The smallest absolute Gasteiger partial charge is 0.265 e. The number of benzene rings is 3. The van der Waals surface area contributed by atoms with E-state index in [1.165, 1.54) is 9.87 Å².